The smallest absolute Gasteiger partial charge is 0.253 e. The van der Waals surface area contributed by atoms with E-state index in [2.05, 4.69) is 18.8 Å². The molecule has 5 heteroatoms. The lowest BCUT2D eigenvalue weighted by Gasteiger charge is -2.34. The highest BCUT2D eigenvalue weighted by atomic mass is 16.5. The molecule has 1 N–H and O–H groups in total. The van der Waals surface area contributed by atoms with E-state index in [0.29, 0.717) is 17.2 Å². The topological polar surface area (TPSA) is 58.6 Å². The quantitative estimate of drug-likeness (QED) is 0.850. The van der Waals surface area contributed by atoms with Crippen LogP contribution in [0.3, 0.4) is 0 Å². The lowest BCUT2D eigenvalue weighted by Crippen LogP contribution is -2.41. The van der Waals surface area contributed by atoms with E-state index < -0.39 is 0 Å². The standard InChI is InChI=1S/C18H24N2O3/c1-4-17(21)19-16-7-5-15(6-8-16)18(22)20(3)13(2)14-9-11-23-12-10-14/h4-8,13-14H,1,9-12H2,2-3H3,(H,19,21). The lowest BCUT2D eigenvalue weighted by molar-refractivity contribution is -0.111. The predicted molar refractivity (Wildman–Crippen MR) is 90.4 cm³/mol. The minimum absolute atomic E-state index is 0.00871. The maximum atomic E-state index is 12.6. The minimum atomic E-state index is -0.269. The predicted octanol–water partition coefficient (Wildman–Crippen LogP) is 2.70. The zero-order chi connectivity index (χ0) is 16.8. The fourth-order valence-electron chi connectivity index (χ4n) is 2.79. The fourth-order valence-corrected chi connectivity index (χ4v) is 2.79. The third kappa shape index (κ3) is 4.42. The number of rotatable bonds is 5. The second-order valence-corrected chi connectivity index (χ2v) is 5.88. The molecule has 0 aliphatic carbocycles. The molecule has 1 unspecified atom stereocenters. The van der Waals surface area contributed by atoms with E-state index in [1.807, 2.05) is 7.05 Å². The molecule has 1 aromatic carbocycles. The molecule has 1 heterocycles. The van der Waals surface area contributed by atoms with Crippen LogP contribution in [0.2, 0.25) is 0 Å². The molecule has 5 nitrogen and oxygen atoms in total. The van der Waals surface area contributed by atoms with Gasteiger partial charge in [-0.05, 0) is 56.0 Å². The summed E-state index contributed by atoms with van der Waals surface area (Å²) in [4.78, 5) is 25.7. The van der Waals surface area contributed by atoms with Gasteiger partial charge in [-0.1, -0.05) is 6.58 Å². The number of hydrogen-bond acceptors (Lipinski definition) is 3. The van der Waals surface area contributed by atoms with Gasteiger partial charge in [0.05, 0.1) is 0 Å². The molecule has 0 bridgehead atoms. The van der Waals surface area contributed by atoms with E-state index in [1.54, 1.807) is 29.2 Å². The summed E-state index contributed by atoms with van der Waals surface area (Å²) in [6.07, 6.45) is 3.19. The number of benzene rings is 1. The molecular formula is C18H24N2O3. The summed E-state index contributed by atoms with van der Waals surface area (Å²) in [5.74, 6) is 0.198. The van der Waals surface area contributed by atoms with Gasteiger partial charge in [-0.3, -0.25) is 9.59 Å². The van der Waals surface area contributed by atoms with Gasteiger partial charge in [0.1, 0.15) is 0 Å². The Bertz CT molecular complexity index is 562. The van der Waals surface area contributed by atoms with E-state index >= 15 is 0 Å². The van der Waals surface area contributed by atoms with Crippen LogP contribution in [0.1, 0.15) is 30.1 Å². The SMILES string of the molecule is C=CC(=O)Nc1ccc(C(=O)N(C)C(C)C2CCOCC2)cc1. The fraction of sp³-hybridized carbons (Fsp3) is 0.444. The maximum absolute atomic E-state index is 12.6. The van der Waals surface area contributed by atoms with Crippen LogP contribution < -0.4 is 5.32 Å². The average Bonchev–Trinajstić information content (AvgIpc) is 2.61. The second kappa shape index (κ2) is 7.92. The number of ether oxygens (including phenoxy) is 1. The van der Waals surface area contributed by atoms with Gasteiger partial charge in [-0.25, -0.2) is 0 Å². The van der Waals surface area contributed by atoms with Gasteiger partial charge in [-0.15, -0.1) is 0 Å². The van der Waals surface area contributed by atoms with Crippen molar-refractivity contribution in [3.05, 3.63) is 42.5 Å². The Morgan fingerprint density at radius 2 is 1.91 bits per heavy atom. The van der Waals surface area contributed by atoms with Gasteiger partial charge in [0.25, 0.3) is 5.91 Å². The van der Waals surface area contributed by atoms with E-state index in [0.717, 1.165) is 26.1 Å². The average molecular weight is 316 g/mol. The van der Waals surface area contributed by atoms with E-state index in [4.69, 9.17) is 4.74 Å². The van der Waals surface area contributed by atoms with Gasteiger partial charge in [0.15, 0.2) is 0 Å². The Balaban J connectivity index is 2.00. The van der Waals surface area contributed by atoms with E-state index in [1.165, 1.54) is 6.08 Å². The first kappa shape index (κ1) is 17.2. The molecule has 1 aliphatic rings. The molecule has 0 aromatic heterocycles. The highest BCUT2D eigenvalue weighted by Crippen LogP contribution is 2.23. The number of carbonyl (C=O) groups is 2. The Morgan fingerprint density at radius 3 is 2.48 bits per heavy atom. The van der Waals surface area contributed by atoms with Crippen LogP contribution in [0.4, 0.5) is 5.69 Å². The first-order valence-electron chi connectivity index (χ1n) is 7.91. The summed E-state index contributed by atoms with van der Waals surface area (Å²) in [5.41, 5.74) is 1.26. The van der Waals surface area contributed by atoms with Gasteiger partial charge >= 0.3 is 0 Å². The van der Waals surface area contributed by atoms with E-state index in [-0.39, 0.29) is 17.9 Å². The maximum Gasteiger partial charge on any atom is 0.253 e. The summed E-state index contributed by atoms with van der Waals surface area (Å²) in [6, 6.07) is 7.08. The Hall–Kier alpha value is -2.14. The molecule has 0 spiro atoms. The number of nitrogens with one attached hydrogen (secondary N) is 1. The number of anilines is 1. The Labute approximate surface area is 137 Å². The van der Waals surface area contributed by atoms with Crippen LogP contribution in [0.25, 0.3) is 0 Å². The molecule has 1 fully saturated rings. The molecule has 2 amide bonds. The number of nitrogens with zero attached hydrogens (tertiary/aromatic N) is 1. The van der Waals surface area contributed by atoms with Crippen molar-refractivity contribution in [3.63, 3.8) is 0 Å². The monoisotopic (exact) mass is 316 g/mol. The molecule has 0 saturated carbocycles. The van der Waals surface area contributed by atoms with Crippen molar-refractivity contribution in [2.45, 2.75) is 25.8 Å². The van der Waals surface area contributed by atoms with Gasteiger partial charge in [0, 0.05) is 37.6 Å². The lowest BCUT2D eigenvalue weighted by atomic mass is 9.91. The van der Waals surface area contributed by atoms with Crippen LogP contribution in [0.5, 0.6) is 0 Å². The van der Waals surface area contributed by atoms with Crippen LogP contribution >= 0.6 is 0 Å². The number of amides is 2. The largest absolute Gasteiger partial charge is 0.381 e. The third-order valence-corrected chi connectivity index (χ3v) is 4.46. The second-order valence-electron chi connectivity index (χ2n) is 5.88. The van der Waals surface area contributed by atoms with Gasteiger partial charge in [0.2, 0.25) is 5.91 Å². The van der Waals surface area contributed by atoms with Crippen molar-refractivity contribution < 1.29 is 14.3 Å². The van der Waals surface area contributed by atoms with Gasteiger partial charge in [-0.2, -0.15) is 0 Å². The summed E-state index contributed by atoms with van der Waals surface area (Å²) in [6.45, 7) is 7.04. The zero-order valence-corrected chi connectivity index (χ0v) is 13.7. The molecule has 1 saturated heterocycles. The minimum Gasteiger partial charge on any atom is -0.381 e. The van der Waals surface area contributed by atoms with Crippen LogP contribution in [-0.4, -0.2) is 43.0 Å². The summed E-state index contributed by atoms with van der Waals surface area (Å²) >= 11 is 0. The first-order valence-corrected chi connectivity index (χ1v) is 7.91. The van der Waals surface area contributed by atoms with E-state index in [9.17, 15) is 9.59 Å². The van der Waals surface area contributed by atoms with Crippen molar-refractivity contribution in [1.82, 2.24) is 4.90 Å². The summed E-state index contributed by atoms with van der Waals surface area (Å²) in [5, 5.41) is 2.67. The highest BCUT2D eigenvalue weighted by molar-refractivity contribution is 5.99. The van der Waals surface area contributed by atoms with Gasteiger partial charge < -0.3 is 15.0 Å². The molecule has 1 atom stereocenters. The van der Waals surface area contributed by atoms with Crippen LogP contribution in [-0.2, 0) is 9.53 Å². The number of carbonyl (C=O) groups excluding carboxylic acids is 2. The summed E-state index contributed by atoms with van der Waals surface area (Å²) < 4.78 is 5.38. The first-order chi connectivity index (χ1) is 11.0. The molecule has 23 heavy (non-hydrogen) atoms. The molecule has 0 radical (unpaired) electrons. The van der Waals surface area contributed by atoms with Crippen LogP contribution in [0, 0.1) is 5.92 Å². The summed E-state index contributed by atoms with van der Waals surface area (Å²) in [7, 11) is 1.84. The van der Waals surface area contributed by atoms with Crippen molar-refractivity contribution in [2.75, 3.05) is 25.6 Å². The third-order valence-electron chi connectivity index (χ3n) is 4.46. The van der Waals surface area contributed by atoms with Crippen molar-refractivity contribution >= 4 is 17.5 Å². The Morgan fingerprint density at radius 1 is 1.30 bits per heavy atom. The molecule has 1 aromatic rings. The molecular weight excluding hydrogens is 292 g/mol. The molecule has 124 valence electrons. The van der Waals surface area contributed by atoms with Crippen molar-refractivity contribution in [2.24, 2.45) is 5.92 Å². The van der Waals surface area contributed by atoms with Crippen molar-refractivity contribution in [1.29, 1.82) is 0 Å². The highest BCUT2D eigenvalue weighted by Gasteiger charge is 2.26. The molecule has 2 rings (SSSR count). The normalized spacial score (nSPS) is 16.4. The molecule has 1 aliphatic heterocycles. The zero-order valence-electron chi connectivity index (χ0n) is 13.7. The Kier molecular flexibility index (Phi) is 5.93. The number of hydrogen-bond donors (Lipinski definition) is 1. The van der Waals surface area contributed by atoms with Crippen LogP contribution in [0.15, 0.2) is 36.9 Å². The van der Waals surface area contributed by atoms with Crippen molar-refractivity contribution in [3.8, 4) is 0 Å².